The molecule has 0 aromatic heterocycles. The maximum absolute atomic E-state index is 3.49. The Morgan fingerprint density at radius 3 is 2.94 bits per heavy atom. The van der Waals surface area contributed by atoms with E-state index in [1.54, 1.807) is 0 Å². The molecule has 0 fully saturated rings. The van der Waals surface area contributed by atoms with E-state index >= 15 is 0 Å². The average Bonchev–Trinajstić information content (AvgIpc) is 2.48. The van der Waals surface area contributed by atoms with Gasteiger partial charge in [-0.3, -0.25) is 0 Å². The standard InChI is InChI=1S/C13H21N3/c1-15(2)10-11-16-9-5-8-14-12-6-3-4-7-13(12)16/h3-4,6-7,14H,5,8-11H2,1-2H3. The highest BCUT2D eigenvalue weighted by Crippen LogP contribution is 2.27. The molecule has 0 atom stereocenters. The van der Waals surface area contributed by atoms with Gasteiger partial charge in [0.25, 0.3) is 0 Å². The van der Waals surface area contributed by atoms with Gasteiger partial charge in [-0.25, -0.2) is 0 Å². The molecule has 1 aromatic rings. The first kappa shape index (κ1) is 11.3. The highest BCUT2D eigenvalue weighted by atomic mass is 15.2. The summed E-state index contributed by atoms with van der Waals surface area (Å²) in [6, 6.07) is 8.60. The number of para-hydroxylation sites is 2. The number of hydrogen-bond acceptors (Lipinski definition) is 3. The fraction of sp³-hybridized carbons (Fsp3) is 0.538. The monoisotopic (exact) mass is 219 g/mol. The van der Waals surface area contributed by atoms with E-state index in [9.17, 15) is 0 Å². The molecule has 1 heterocycles. The molecule has 0 saturated carbocycles. The molecule has 0 unspecified atom stereocenters. The molecule has 16 heavy (non-hydrogen) atoms. The van der Waals surface area contributed by atoms with E-state index in [2.05, 4.69) is 53.5 Å². The minimum Gasteiger partial charge on any atom is -0.383 e. The van der Waals surface area contributed by atoms with E-state index < -0.39 is 0 Å². The van der Waals surface area contributed by atoms with Crippen LogP contribution < -0.4 is 10.2 Å². The Bertz CT molecular complexity index is 336. The van der Waals surface area contributed by atoms with Crippen molar-refractivity contribution in [3.63, 3.8) is 0 Å². The number of benzene rings is 1. The third-order valence-corrected chi connectivity index (χ3v) is 2.98. The Balaban J connectivity index is 2.12. The summed E-state index contributed by atoms with van der Waals surface area (Å²) >= 11 is 0. The smallest absolute Gasteiger partial charge is 0.0602 e. The number of rotatable bonds is 3. The molecule has 1 aliphatic rings. The van der Waals surface area contributed by atoms with Crippen molar-refractivity contribution in [1.82, 2.24) is 4.90 Å². The highest BCUT2D eigenvalue weighted by molar-refractivity contribution is 5.70. The van der Waals surface area contributed by atoms with Gasteiger partial charge in [0.2, 0.25) is 0 Å². The molecule has 88 valence electrons. The van der Waals surface area contributed by atoms with Gasteiger partial charge in [0, 0.05) is 26.2 Å². The van der Waals surface area contributed by atoms with E-state index in [4.69, 9.17) is 0 Å². The quantitative estimate of drug-likeness (QED) is 0.837. The van der Waals surface area contributed by atoms with Crippen molar-refractivity contribution < 1.29 is 0 Å². The number of nitrogens with zero attached hydrogens (tertiary/aromatic N) is 2. The fourth-order valence-electron chi connectivity index (χ4n) is 2.07. The van der Waals surface area contributed by atoms with Crippen molar-refractivity contribution in [2.75, 3.05) is 50.5 Å². The summed E-state index contributed by atoms with van der Waals surface area (Å²) in [6.45, 7) is 4.44. The first-order chi connectivity index (χ1) is 7.77. The first-order valence-corrected chi connectivity index (χ1v) is 6.00. The van der Waals surface area contributed by atoms with Crippen LogP contribution in [0.1, 0.15) is 6.42 Å². The Kier molecular flexibility index (Phi) is 3.67. The second-order valence-corrected chi connectivity index (χ2v) is 4.59. The summed E-state index contributed by atoms with van der Waals surface area (Å²) in [4.78, 5) is 4.72. The molecule has 0 bridgehead atoms. The SMILES string of the molecule is CN(C)CCN1CCCNc2ccccc21. The maximum Gasteiger partial charge on any atom is 0.0602 e. The minimum atomic E-state index is 1.08. The zero-order valence-corrected chi connectivity index (χ0v) is 10.2. The third kappa shape index (κ3) is 2.67. The van der Waals surface area contributed by atoms with Crippen LogP contribution in [0.3, 0.4) is 0 Å². The Hall–Kier alpha value is -1.22. The van der Waals surface area contributed by atoms with Gasteiger partial charge < -0.3 is 15.1 Å². The van der Waals surface area contributed by atoms with Crippen LogP contribution in [0.15, 0.2) is 24.3 Å². The molecule has 0 saturated heterocycles. The van der Waals surface area contributed by atoms with Gasteiger partial charge in [-0.15, -0.1) is 0 Å². The van der Waals surface area contributed by atoms with E-state index in [0.29, 0.717) is 0 Å². The summed E-state index contributed by atoms with van der Waals surface area (Å²) in [7, 11) is 4.25. The molecule has 1 N–H and O–H groups in total. The van der Waals surface area contributed by atoms with Crippen molar-refractivity contribution in [2.45, 2.75) is 6.42 Å². The largest absolute Gasteiger partial charge is 0.383 e. The van der Waals surface area contributed by atoms with Gasteiger partial charge in [-0.2, -0.15) is 0 Å². The summed E-state index contributed by atoms with van der Waals surface area (Å²) < 4.78 is 0. The maximum atomic E-state index is 3.49. The summed E-state index contributed by atoms with van der Waals surface area (Å²) in [6.07, 6.45) is 1.21. The van der Waals surface area contributed by atoms with Crippen LogP contribution >= 0.6 is 0 Å². The Labute approximate surface area is 98.0 Å². The van der Waals surface area contributed by atoms with E-state index in [-0.39, 0.29) is 0 Å². The summed E-state index contributed by atoms with van der Waals surface area (Å²) in [5, 5.41) is 3.49. The van der Waals surface area contributed by atoms with Gasteiger partial charge in [0.05, 0.1) is 11.4 Å². The molecule has 1 aliphatic heterocycles. The second-order valence-electron chi connectivity index (χ2n) is 4.59. The topological polar surface area (TPSA) is 18.5 Å². The van der Waals surface area contributed by atoms with Gasteiger partial charge >= 0.3 is 0 Å². The van der Waals surface area contributed by atoms with Crippen molar-refractivity contribution in [2.24, 2.45) is 0 Å². The predicted molar refractivity (Wildman–Crippen MR) is 70.3 cm³/mol. The Morgan fingerprint density at radius 2 is 2.12 bits per heavy atom. The summed E-state index contributed by atoms with van der Waals surface area (Å²) in [5.74, 6) is 0. The van der Waals surface area contributed by atoms with Gasteiger partial charge in [-0.05, 0) is 32.6 Å². The third-order valence-electron chi connectivity index (χ3n) is 2.98. The van der Waals surface area contributed by atoms with Crippen molar-refractivity contribution >= 4 is 11.4 Å². The van der Waals surface area contributed by atoms with Gasteiger partial charge in [0.1, 0.15) is 0 Å². The molecule has 0 radical (unpaired) electrons. The Morgan fingerprint density at radius 1 is 1.31 bits per heavy atom. The number of nitrogens with one attached hydrogen (secondary N) is 1. The highest BCUT2D eigenvalue weighted by Gasteiger charge is 2.13. The molecular formula is C13H21N3. The zero-order chi connectivity index (χ0) is 11.4. The van der Waals surface area contributed by atoms with Crippen LogP contribution in [-0.4, -0.2) is 45.2 Å². The van der Waals surface area contributed by atoms with E-state index in [0.717, 1.165) is 26.2 Å². The van der Waals surface area contributed by atoms with Crippen LogP contribution in [0.25, 0.3) is 0 Å². The first-order valence-electron chi connectivity index (χ1n) is 6.00. The minimum absolute atomic E-state index is 1.08. The van der Waals surface area contributed by atoms with Crippen molar-refractivity contribution in [1.29, 1.82) is 0 Å². The van der Waals surface area contributed by atoms with Crippen LogP contribution in [-0.2, 0) is 0 Å². The lowest BCUT2D eigenvalue weighted by atomic mass is 10.2. The van der Waals surface area contributed by atoms with Crippen molar-refractivity contribution in [3.8, 4) is 0 Å². The molecule has 0 amide bonds. The van der Waals surface area contributed by atoms with Crippen LogP contribution in [0.4, 0.5) is 11.4 Å². The molecular weight excluding hydrogens is 198 g/mol. The van der Waals surface area contributed by atoms with Crippen LogP contribution in [0, 0.1) is 0 Å². The molecule has 0 spiro atoms. The second kappa shape index (κ2) is 5.21. The van der Waals surface area contributed by atoms with E-state index in [1.165, 1.54) is 17.8 Å². The van der Waals surface area contributed by atoms with Crippen LogP contribution in [0.2, 0.25) is 0 Å². The van der Waals surface area contributed by atoms with E-state index in [1.807, 2.05) is 0 Å². The molecule has 3 nitrogen and oxygen atoms in total. The fourth-order valence-corrected chi connectivity index (χ4v) is 2.07. The normalized spacial score (nSPS) is 15.6. The average molecular weight is 219 g/mol. The lowest BCUT2D eigenvalue weighted by Crippen LogP contribution is -2.32. The zero-order valence-electron chi connectivity index (χ0n) is 10.2. The molecule has 1 aromatic carbocycles. The summed E-state index contributed by atoms with van der Waals surface area (Å²) in [5.41, 5.74) is 2.63. The molecule has 2 rings (SSSR count). The van der Waals surface area contributed by atoms with Crippen LogP contribution in [0.5, 0.6) is 0 Å². The number of fused-ring (bicyclic) bond motifs is 1. The number of likely N-dealkylation sites (N-methyl/N-ethyl adjacent to an activating group) is 1. The predicted octanol–water partition coefficient (Wildman–Crippen LogP) is 1.87. The van der Waals surface area contributed by atoms with Gasteiger partial charge in [-0.1, -0.05) is 12.1 Å². The molecule has 3 heteroatoms. The van der Waals surface area contributed by atoms with Gasteiger partial charge in [0.15, 0.2) is 0 Å². The lowest BCUT2D eigenvalue weighted by Gasteiger charge is -2.25. The molecule has 0 aliphatic carbocycles. The number of hydrogen-bond donors (Lipinski definition) is 1. The number of anilines is 2. The van der Waals surface area contributed by atoms with Crippen molar-refractivity contribution in [3.05, 3.63) is 24.3 Å². The lowest BCUT2D eigenvalue weighted by molar-refractivity contribution is 0.413.